The van der Waals surface area contributed by atoms with Crippen LogP contribution >= 0.6 is 0 Å². The molecule has 16 heavy (non-hydrogen) atoms. The van der Waals surface area contributed by atoms with E-state index in [9.17, 15) is 4.79 Å². The first-order valence-electron chi connectivity index (χ1n) is 5.58. The molecule has 1 amide bonds. The number of primary amides is 1. The number of unbranched alkanes of at least 4 members (excludes halogenated alkanes) is 2. The fourth-order valence-corrected chi connectivity index (χ4v) is 1.46. The van der Waals surface area contributed by atoms with Gasteiger partial charge in [0.05, 0.1) is 0 Å². The first-order valence-corrected chi connectivity index (χ1v) is 5.58. The summed E-state index contributed by atoms with van der Waals surface area (Å²) in [6, 6.07) is 7.23. The molecule has 0 fully saturated rings. The van der Waals surface area contributed by atoms with Crippen molar-refractivity contribution in [3.05, 3.63) is 29.8 Å². The molecule has 0 atom stereocenters. The maximum Gasteiger partial charge on any atom is 0.248 e. The Kier molecular flexibility index (Phi) is 5.36. The number of carbonyl (C=O) groups is 1. The Morgan fingerprint density at radius 1 is 1.25 bits per heavy atom. The van der Waals surface area contributed by atoms with E-state index >= 15 is 0 Å². The molecular formula is C12H19N3O. The number of nitrogens with two attached hydrogens (primary N) is 2. The summed E-state index contributed by atoms with van der Waals surface area (Å²) in [7, 11) is 0. The van der Waals surface area contributed by atoms with Crippen molar-refractivity contribution < 1.29 is 4.79 Å². The molecule has 5 N–H and O–H groups in total. The van der Waals surface area contributed by atoms with Crippen LogP contribution in [-0.4, -0.2) is 19.0 Å². The molecule has 0 spiro atoms. The lowest BCUT2D eigenvalue weighted by Crippen LogP contribution is -2.11. The second kappa shape index (κ2) is 6.85. The Hall–Kier alpha value is -1.55. The van der Waals surface area contributed by atoms with Gasteiger partial charge in [0, 0.05) is 17.8 Å². The Labute approximate surface area is 96.0 Å². The van der Waals surface area contributed by atoms with Gasteiger partial charge < -0.3 is 16.8 Å². The SMILES string of the molecule is NCCCCCNc1cccc(C(N)=O)c1. The van der Waals surface area contributed by atoms with E-state index in [0.29, 0.717) is 5.56 Å². The third-order valence-corrected chi connectivity index (χ3v) is 2.36. The molecule has 1 aromatic carbocycles. The van der Waals surface area contributed by atoms with Crippen LogP contribution in [0.15, 0.2) is 24.3 Å². The Morgan fingerprint density at radius 2 is 2.06 bits per heavy atom. The zero-order valence-electron chi connectivity index (χ0n) is 9.41. The van der Waals surface area contributed by atoms with Gasteiger partial charge in [-0.2, -0.15) is 0 Å². The third-order valence-electron chi connectivity index (χ3n) is 2.36. The average Bonchev–Trinajstić information content (AvgIpc) is 2.29. The summed E-state index contributed by atoms with van der Waals surface area (Å²) < 4.78 is 0. The number of amides is 1. The fourth-order valence-electron chi connectivity index (χ4n) is 1.46. The normalized spacial score (nSPS) is 10.1. The first-order chi connectivity index (χ1) is 7.74. The predicted molar refractivity (Wildman–Crippen MR) is 66.4 cm³/mol. The van der Waals surface area contributed by atoms with Crippen LogP contribution in [0, 0.1) is 0 Å². The lowest BCUT2D eigenvalue weighted by molar-refractivity contribution is 0.100. The average molecular weight is 221 g/mol. The molecule has 0 aliphatic carbocycles. The zero-order chi connectivity index (χ0) is 11.8. The molecule has 0 saturated carbocycles. The van der Waals surface area contributed by atoms with E-state index in [1.54, 1.807) is 12.1 Å². The van der Waals surface area contributed by atoms with Crippen LogP contribution in [0.25, 0.3) is 0 Å². The van der Waals surface area contributed by atoms with E-state index in [1.807, 2.05) is 12.1 Å². The highest BCUT2D eigenvalue weighted by atomic mass is 16.1. The van der Waals surface area contributed by atoms with Gasteiger partial charge in [-0.3, -0.25) is 4.79 Å². The number of hydrogen-bond acceptors (Lipinski definition) is 3. The molecule has 88 valence electrons. The molecule has 0 radical (unpaired) electrons. The standard InChI is InChI=1S/C12H19N3O/c13-7-2-1-3-8-15-11-6-4-5-10(9-11)12(14)16/h4-6,9,15H,1-3,7-8,13H2,(H2,14,16). The summed E-state index contributed by atoms with van der Waals surface area (Å²) in [5, 5.41) is 3.25. The van der Waals surface area contributed by atoms with Gasteiger partial charge in [-0.25, -0.2) is 0 Å². The van der Waals surface area contributed by atoms with E-state index < -0.39 is 5.91 Å². The molecule has 4 nitrogen and oxygen atoms in total. The highest BCUT2D eigenvalue weighted by Crippen LogP contribution is 2.10. The minimum absolute atomic E-state index is 0.396. The highest BCUT2D eigenvalue weighted by molar-refractivity contribution is 5.93. The summed E-state index contributed by atoms with van der Waals surface area (Å²) >= 11 is 0. The Morgan fingerprint density at radius 3 is 2.75 bits per heavy atom. The number of carbonyl (C=O) groups excluding carboxylic acids is 1. The van der Waals surface area contributed by atoms with Crippen molar-refractivity contribution in [2.45, 2.75) is 19.3 Å². The maximum atomic E-state index is 10.9. The van der Waals surface area contributed by atoms with Crippen molar-refractivity contribution in [3.8, 4) is 0 Å². The minimum Gasteiger partial charge on any atom is -0.385 e. The van der Waals surface area contributed by atoms with Crippen molar-refractivity contribution in [2.75, 3.05) is 18.4 Å². The summed E-state index contributed by atoms with van der Waals surface area (Å²) in [5.41, 5.74) is 12.1. The van der Waals surface area contributed by atoms with Gasteiger partial charge in [0.15, 0.2) is 0 Å². The number of rotatable bonds is 7. The topological polar surface area (TPSA) is 81.1 Å². The molecule has 0 heterocycles. The van der Waals surface area contributed by atoms with Crippen molar-refractivity contribution in [1.29, 1.82) is 0 Å². The fraction of sp³-hybridized carbons (Fsp3) is 0.417. The van der Waals surface area contributed by atoms with Gasteiger partial charge in [0.1, 0.15) is 0 Å². The molecule has 0 saturated heterocycles. The van der Waals surface area contributed by atoms with Gasteiger partial charge in [-0.1, -0.05) is 12.5 Å². The number of hydrogen-bond donors (Lipinski definition) is 3. The summed E-state index contributed by atoms with van der Waals surface area (Å²) in [6.07, 6.45) is 3.26. The quantitative estimate of drug-likeness (QED) is 0.607. The monoisotopic (exact) mass is 221 g/mol. The first kappa shape index (κ1) is 12.5. The van der Waals surface area contributed by atoms with E-state index in [1.165, 1.54) is 0 Å². The number of benzene rings is 1. The van der Waals surface area contributed by atoms with Gasteiger partial charge in [-0.15, -0.1) is 0 Å². The summed E-state index contributed by atoms with van der Waals surface area (Å²) in [4.78, 5) is 10.9. The molecular weight excluding hydrogens is 202 g/mol. The van der Waals surface area contributed by atoms with Crippen LogP contribution in [-0.2, 0) is 0 Å². The Bertz CT molecular complexity index is 339. The molecule has 1 rings (SSSR count). The van der Waals surface area contributed by atoms with Crippen molar-refractivity contribution in [2.24, 2.45) is 11.5 Å². The Balaban J connectivity index is 2.36. The van der Waals surface area contributed by atoms with Crippen molar-refractivity contribution >= 4 is 11.6 Å². The van der Waals surface area contributed by atoms with E-state index in [4.69, 9.17) is 11.5 Å². The molecule has 1 aromatic rings. The number of nitrogens with one attached hydrogen (secondary N) is 1. The van der Waals surface area contributed by atoms with E-state index in [0.717, 1.165) is 38.0 Å². The van der Waals surface area contributed by atoms with Crippen LogP contribution in [0.2, 0.25) is 0 Å². The molecule has 0 bridgehead atoms. The lowest BCUT2D eigenvalue weighted by atomic mass is 10.2. The largest absolute Gasteiger partial charge is 0.385 e. The minimum atomic E-state index is -0.396. The molecule has 0 aliphatic heterocycles. The molecule has 0 aromatic heterocycles. The van der Waals surface area contributed by atoms with Crippen LogP contribution in [0.5, 0.6) is 0 Å². The second-order valence-corrected chi connectivity index (χ2v) is 3.72. The van der Waals surface area contributed by atoms with Crippen molar-refractivity contribution in [1.82, 2.24) is 0 Å². The molecule has 0 unspecified atom stereocenters. The van der Waals surface area contributed by atoms with Gasteiger partial charge in [-0.05, 0) is 37.6 Å². The van der Waals surface area contributed by atoms with Gasteiger partial charge >= 0.3 is 0 Å². The van der Waals surface area contributed by atoms with E-state index in [2.05, 4.69) is 5.32 Å². The third kappa shape index (κ3) is 4.31. The maximum absolute atomic E-state index is 10.9. The van der Waals surface area contributed by atoms with Crippen LogP contribution in [0.4, 0.5) is 5.69 Å². The smallest absolute Gasteiger partial charge is 0.248 e. The highest BCUT2D eigenvalue weighted by Gasteiger charge is 2.00. The van der Waals surface area contributed by atoms with Gasteiger partial charge in [0.25, 0.3) is 0 Å². The predicted octanol–water partition coefficient (Wildman–Crippen LogP) is 1.33. The lowest BCUT2D eigenvalue weighted by Gasteiger charge is -2.06. The zero-order valence-corrected chi connectivity index (χ0v) is 9.41. The summed E-state index contributed by atoms with van der Waals surface area (Å²) in [6.45, 7) is 1.64. The second-order valence-electron chi connectivity index (χ2n) is 3.72. The number of anilines is 1. The van der Waals surface area contributed by atoms with Crippen LogP contribution < -0.4 is 16.8 Å². The molecule has 0 aliphatic rings. The van der Waals surface area contributed by atoms with Gasteiger partial charge in [0.2, 0.25) is 5.91 Å². The van der Waals surface area contributed by atoms with Crippen LogP contribution in [0.1, 0.15) is 29.6 Å². The van der Waals surface area contributed by atoms with Crippen molar-refractivity contribution in [3.63, 3.8) is 0 Å². The van der Waals surface area contributed by atoms with E-state index in [-0.39, 0.29) is 0 Å². The summed E-state index contributed by atoms with van der Waals surface area (Å²) in [5.74, 6) is -0.396. The molecule has 4 heteroatoms. The van der Waals surface area contributed by atoms with Crippen LogP contribution in [0.3, 0.4) is 0 Å².